The van der Waals surface area contributed by atoms with Gasteiger partial charge in [-0.1, -0.05) is 6.07 Å². The lowest BCUT2D eigenvalue weighted by molar-refractivity contribution is -0.116. The van der Waals surface area contributed by atoms with E-state index in [0.29, 0.717) is 37.3 Å². The van der Waals surface area contributed by atoms with E-state index in [9.17, 15) is 9.59 Å². The molecule has 0 aliphatic carbocycles. The second-order valence-corrected chi connectivity index (χ2v) is 5.48. The highest BCUT2D eigenvalue weighted by Crippen LogP contribution is 2.17. The first-order valence-corrected chi connectivity index (χ1v) is 8.46. The lowest BCUT2D eigenvalue weighted by atomic mass is 10.2. The predicted molar refractivity (Wildman–Crippen MR) is 98.8 cm³/mol. The van der Waals surface area contributed by atoms with Crippen LogP contribution in [-0.4, -0.2) is 32.2 Å². The molecule has 0 radical (unpaired) electrons. The summed E-state index contributed by atoms with van der Waals surface area (Å²) < 4.78 is 15.6. The fourth-order valence-electron chi connectivity index (χ4n) is 2.26. The average molecular weight is 357 g/mol. The predicted octanol–water partition coefficient (Wildman–Crippen LogP) is 3.67. The lowest BCUT2D eigenvalue weighted by Gasteiger charge is -2.09. The van der Waals surface area contributed by atoms with Gasteiger partial charge in [-0.25, -0.2) is 4.79 Å². The first kappa shape index (κ1) is 19.3. The summed E-state index contributed by atoms with van der Waals surface area (Å²) in [7, 11) is 1.61. The number of ether oxygens (including phenoxy) is 3. The highest BCUT2D eigenvalue weighted by atomic mass is 16.5. The van der Waals surface area contributed by atoms with Crippen molar-refractivity contribution in [2.45, 2.75) is 19.8 Å². The SMILES string of the molecule is CCOC(=O)c1cccc(NC(=O)CCCOc2ccc(OC)cc2)c1. The van der Waals surface area contributed by atoms with Gasteiger partial charge in [-0.15, -0.1) is 0 Å². The van der Waals surface area contributed by atoms with E-state index in [1.807, 2.05) is 24.3 Å². The van der Waals surface area contributed by atoms with Gasteiger partial charge in [0.2, 0.25) is 5.91 Å². The van der Waals surface area contributed by atoms with Crippen LogP contribution in [0, 0.1) is 0 Å². The van der Waals surface area contributed by atoms with Crippen molar-refractivity contribution < 1.29 is 23.8 Å². The first-order chi connectivity index (χ1) is 12.6. The maximum absolute atomic E-state index is 12.0. The summed E-state index contributed by atoms with van der Waals surface area (Å²) in [5.74, 6) is 0.955. The molecule has 0 aliphatic rings. The van der Waals surface area contributed by atoms with Crippen molar-refractivity contribution in [3.8, 4) is 11.5 Å². The van der Waals surface area contributed by atoms with E-state index in [1.165, 1.54) is 0 Å². The molecule has 2 rings (SSSR count). The summed E-state index contributed by atoms with van der Waals surface area (Å²) in [6, 6.07) is 14.0. The van der Waals surface area contributed by atoms with Gasteiger partial charge in [-0.3, -0.25) is 4.79 Å². The number of amides is 1. The molecule has 2 aromatic carbocycles. The number of nitrogens with one attached hydrogen (secondary N) is 1. The number of methoxy groups -OCH3 is 1. The summed E-state index contributed by atoms with van der Waals surface area (Å²) in [6.07, 6.45) is 0.898. The molecule has 1 amide bonds. The van der Waals surface area contributed by atoms with Crippen LogP contribution in [-0.2, 0) is 9.53 Å². The number of hydrogen-bond donors (Lipinski definition) is 1. The van der Waals surface area contributed by atoms with E-state index >= 15 is 0 Å². The molecule has 0 saturated carbocycles. The summed E-state index contributed by atoms with van der Waals surface area (Å²) in [4.78, 5) is 23.7. The van der Waals surface area contributed by atoms with Crippen molar-refractivity contribution in [1.82, 2.24) is 0 Å². The number of esters is 1. The molecule has 26 heavy (non-hydrogen) atoms. The summed E-state index contributed by atoms with van der Waals surface area (Å²) in [6.45, 7) is 2.49. The zero-order valence-corrected chi connectivity index (χ0v) is 15.0. The Kier molecular flexibility index (Phi) is 7.49. The Morgan fingerprint density at radius 1 is 1.04 bits per heavy atom. The maximum atomic E-state index is 12.0. The molecule has 6 nitrogen and oxygen atoms in total. The van der Waals surface area contributed by atoms with Crippen LogP contribution < -0.4 is 14.8 Å². The Morgan fingerprint density at radius 3 is 2.46 bits per heavy atom. The van der Waals surface area contributed by atoms with Crippen LogP contribution in [0.4, 0.5) is 5.69 Å². The fraction of sp³-hybridized carbons (Fsp3) is 0.300. The van der Waals surface area contributed by atoms with Crippen molar-refractivity contribution in [2.24, 2.45) is 0 Å². The molecular weight excluding hydrogens is 334 g/mol. The smallest absolute Gasteiger partial charge is 0.338 e. The third-order valence-corrected chi connectivity index (χ3v) is 3.53. The number of carbonyl (C=O) groups excluding carboxylic acids is 2. The number of carbonyl (C=O) groups is 2. The molecule has 0 saturated heterocycles. The Morgan fingerprint density at radius 2 is 1.77 bits per heavy atom. The van der Waals surface area contributed by atoms with Gasteiger partial charge in [0.25, 0.3) is 0 Å². The van der Waals surface area contributed by atoms with E-state index in [-0.39, 0.29) is 5.91 Å². The molecule has 6 heteroatoms. The molecule has 0 unspecified atom stereocenters. The van der Waals surface area contributed by atoms with Gasteiger partial charge in [0.15, 0.2) is 0 Å². The van der Waals surface area contributed by atoms with E-state index in [4.69, 9.17) is 14.2 Å². The van der Waals surface area contributed by atoms with Gasteiger partial charge >= 0.3 is 5.97 Å². The maximum Gasteiger partial charge on any atom is 0.338 e. The van der Waals surface area contributed by atoms with E-state index in [0.717, 1.165) is 11.5 Å². The Bertz CT molecular complexity index is 727. The summed E-state index contributed by atoms with van der Waals surface area (Å²) >= 11 is 0. The zero-order chi connectivity index (χ0) is 18.8. The van der Waals surface area contributed by atoms with Crippen molar-refractivity contribution >= 4 is 17.6 Å². The topological polar surface area (TPSA) is 73.9 Å². The molecule has 0 spiro atoms. The minimum absolute atomic E-state index is 0.135. The van der Waals surface area contributed by atoms with Gasteiger partial charge in [-0.05, 0) is 55.8 Å². The van der Waals surface area contributed by atoms with Crippen molar-refractivity contribution in [2.75, 3.05) is 25.6 Å². The Labute approximate surface area is 153 Å². The van der Waals surface area contributed by atoms with E-state index in [1.54, 1.807) is 38.3 Å². The normalized spacial score (nSPS) is 10.1. The van der Waals surface area contributed by atoms with Crippen molar-refractivity contribution in [1.29, 1.82) is 0 Å². The Hall–Kier alpha value is -3.02. The molecular formula is C20H23NO5. The van der Waals surface area contributed by atoms with Gasteiger partial charge in [0.1, 0.15) is 11.5 Å². The van der Waals surface area contributed by atoms with Crippen LogP contribution >= 0.6 is 0 Å². The molecule has 0 aromatic heterocycles. The second kappa shape index (κ2) is 10.1. The molecule has 138 valence electrons. The highest BCUT2D eigenvalue weighted by molar-refractivity contribution is 5.94. The number of hydrogen-bond acceptors (Lipinski definition) is 5. The summed E-state index contributed by atoms with van der Waals surface area (Å²) in [5.41, 5.74) is 0.976. The summed E-state index contributed by atoms with van der Waals surface area (Å²) in [5, 5.41) is 2.77. The van der Waals surface area contributed by atoms with Gasteiger partial charge in [0, 0.05) is 12.1 Å². The van der Waals surface area contributed by atoms with Crippen LogP contribution in [0.5, 0.6) is 11.5 Å². The van der Waals surface area contributed by atoms with Crippen LogP contribution in [0.1, 0.15) is 30.1 Å². The third-order valence-electron chi connectivity index (χ3n) is 3.53. The van der Waals surface area contributed by atoms with Gasteiger partial charge < -0.3 is 19.5 Å². The lowest BCUT2D eigenvalue weighted by Crippen LogP contribution is -2.13. The molecule has 0 bridgehead atoms. The van der Waals surface area contributed by atoms with Crippen LogP contribution in [0.25, 0.3) is 0 Å². The molecule has 0 aliphatic heterocycles. The van der Waals surface area contributed by atoms with Crippen LogP contribution in [0.15, 0.2) is 48.5 Å². The largest absolute Gasteiger partial charge is 0.497 e. The molecule has 0 fully saturated rings. The first-order valence-electron chi connectivity index (χ1n) is 8.46. The standard InChI is InChI=1S/C20H23NO5/c1-3-25-20(23)15-6-4-7-16(14-15)21-19(22)8-5-13-26-18-11-9-17(24-2)10-12-18/h4,6-7,9-12,14H,3,5,8,13H2,1-2H3,(H,21,22). The molecule has 0 heterocycles. The van der Waals surface area contributed by atoms with Gasteiger partial charge in [0.05, 0.1) is 25.9 Å². The number of benzene rings is 2. The minimum atomic E-state index is -0.406. The van der Waals surface area contributed by atoms with E-state index < -0.39 is 5.97 Å². The van der Waals surface area contributed by atoms with E-state index in [2.05, 4.69) is 5.32 Å². The Balaban J connectivity index is 1.74. The van der Waals surface area contributed by atoms with Crippen molar-refractivity contribution in [3.05, 3.63) is 54.1 Å². The zero-order valence-electron chi connectivity index (χ0n) is 15.0. The second-order valence-electron chi connectivity index (χ2n) is 5.48. The molecule has 2 aromatic rings. The van der Waals surface area contributed by atoms with Crippen LogP contribution in [0.3, 0.4) is 0 Å². The molecule has 1 N–H and O–H groups in total. The molecule has 0 atom stereocenters. The quantitative estimate of drug-likeness (QED) is 0.547. The average Bonchev–Trinajstić information content (AvgIpc) is 2.66. The number of rotatable bonds is 9. The van der Waals surface area contributed by atoms with Crippen LogP contribution in [0.2, 0.25) is 0 Å². The van der Waals surface area contributed by atoms with Gasteiger partial charge in [-0.2, -0.15) is 0 Å². The monoisotopic (exact) mass is 357 g/mol. The van der Waals surface area contributed by atoms with Crippen molar-refractivity contribution in [3.63, 3.8) is 0 Å². The third kappa shape index (κ3) is 6.12. The minimum Gasteiger partial charge on any atom is -0.497 e. The number of anilines is 1. The fourth-order valence-corrected chi connectivity index (χ4v) is 2.26. The highest BCUT2D eigenvalue weighted by Gasteiger charge is 2.08.